The van der Waals surface area contributed by atoms with Gasteiger partial charge < -0.3 is 19.7 Å². The summed E-state index contributed by atoms with van der Waals surface area (Å²) in [6, 6.07) is 12.3. The van der Waals surface area contributed by atoms with Gasteiger partial charge in [-0.05, 0) is 30.3 Å². The first-order valence-electron chi connectivity index (χ1n) is 9.02. The third kappa shape index (κ3) is 4.90. The molecule has 1 saturated heterocycles. The van der Waals surface area contributed by atoms with Crippen LogP contribution in [-0.4, -0.2) is 43.0 Å². The van der Waals surface area contributed by atoms with Gasteiger partial charge in [-0.25, -0.2) is 0 Å². The van der Waals surface area contributed by atoms with Gasteiger partial charge in [0.15, 0.2) is 6.61 Å². The Morgan fingerprint density at radius 3 is 2.63 bits per heavy atom. The lowest BCUT2D eigenvalue weighted by atomic mass is 10.1. The molecule has 1 aliphatic heterocycles. The SMILES string of the molecule is COc1ccc(NC(=O)COC(=O)[C@H]2CC(=O)N(c3cccc([N+](=O)[O-])c3)C2)cc1. The van der Waals surface area contributed by atoms with E-state index in [0.29, 0.717) is 17.1 Å². The molecule has 1 N–H and O–H groups in total. The number of hydrogen-bond donors (Lipinski definition) is 1. The maximum atomic E-state index is 12.3. The smallest absolute Gasteiger partial charge is 0.311 e. The van der Waals surface area contributed by atoms with E-state index < -0.39 is 29.3 Å². The number of nitro groups is 1. The Morgan fingerprint density at radius 2 is 1.97 bits per heavy atom. The molecule has 0 aliphatic carbocycles. The maximum absolute atomic E-state index is 12.3. The Labute approximate surface area is 171 Å². The van der Waals surface area contributed by atoms with Crippen LogP contribution >= 0.6 is 0 Å². The Hall–Kier alpha value is -3.95. The molecule has 1 fully saturated rings. The second kappa shape index (κ2) is 9.03. The minimum absolute atomic E-state index is 0.0267. The first-order valence-corrected chi connectivity index (χ1v) is 9.02. The highest BCUT2D eigenvalue weighted by Crippen LogP contribution is 2.28. The van der Waals surface area contributed by atoms with Crippen molar-refractivity contribution in [1.29, 1.82) is 0 Å². The van der Waals surface area contributed by atoms with Crippen molar-refractivity contribution in [1.82, 2.24) is 0 Å². The molecule has 0 spiro atoms. The standard InChI is InChI=1S/C20H19N3O7/c1-29-17-7-5-14(6-8-17)21-18(24)12-30-20(26)13-9-19(25)22(11-13)15-3-2-4-16(10-15)23(27)28/h2-8,10,13H,9,11-12H2,1H3,(H,21,24)/t13-/m0/s1. The lowest BCUT2D eigenvalue weighted by molar-refractivity contribution is -0.384. The van der Waals surface area contributed by atoms with Gasteiger partial charge in [-0.2, -0.15) is 0 Å². The number of hydrogen-bond acceptors (Lipinski definition) is 7. The van der Waals surface area contributed by atoms with Crippen LogP contribution in [0.5, 0.6) is 5.75 Å². The summed E-state index contributed by atoms with van der Waals surface area (Å²) >= 11 is 0. The number of nitrogens with zero attached hydrogens (tertiary/aromatic N) is 2. The van der Waals surface area contributed by atoms with Gasteiger partial charge in [0, 0.05) is 30.8 Å². The third-order valence-electron chi connectivity index (χ3n) is 4.53. The molecule has 10 nitrogen and oxygen atoms in total. The van der Waals surface area contributed by atoms with Crippen LogP contribution in [0.3, 0.4) is 0 Å². The summed E-state index contributed by atoms with van der Waals surface area (Å²) in [5.41, 5.74) is 0.702. The van der Waals surface area contributed by atoms with E-state index in [2.05, 4.69) is 5.32 Å². The minimum Gasteiger partial charge on any atom is -0.497 e. The molecule has 2 aromatic rings. The summed E-state index contributed by atoms with van der Waals surface area (Å²) in [4.78, 5) is 48.2. The van der Waals surface area contributed by atoms with Crippen LogP contribution in [-0.2, 0) is 19.1 Å². The predicted molar refractivity (Wildman–Crippen MR) is 106 cm³/mol. The molecule has 2 amide bonds. The van der Waals surface area contributed by atoms with Crippen molar-refractivity contribution in [2.75, 3.05) is 30.5 Å². The van der Waals surface area contributed by atoms with Gasteiger partial charge in [0.05, 0.1) is 23.6 Å². The van der Waals surface area contributed by atoms with Crippen molar-refractivity contribution < 1.29 is 28.8 Å². The number of carbonyl (C=O) groups is 3. The van der Waals surface area contributed by atoms with E-state index in [-0.39, 0.29) is 24.6 Å². The van der Waals surface area contributed by atoms with E-state index in [1.54, 1.807) is 30.3 Å². The summed E-state index contributed by atoms with van der Waals surface area (Å²) in [7, 11) is 1.53. The molecule has 0 unspecified atom stereocenters. The topological polar surface area (TPSA) is 128 Å². The van der Waals surface area contributed by atoms with Gasteiger partial charge in [0.25, 0.3) is 11.6 Å². The lowest BCUT2D eigenvalue weighted by Gasteiger charge is -2.16. The number of anilines is 2. The van der Waals surface area contributed by atoms with E-state index in [1.807, 2.05) is 0 Å². The summed E-state index contributed by atoms with van der Waals surface area (Å²) in [6.07, 6.45) is -0.0956. The average molecular weight is 413 g/mol. The molecule has 10 heteroatoms. The van der Waals surface area contributed by atoms with Crippen LogP contribution in [0.25, 0.3) is 0 Å². The maximum Gasteiger partial charge on any atom is 0.311 e. The lowest BCUT2D eigenvalue weighted by Crippen LogP contribution is -2.28. The Bertz CT molecular complexity index is 975. The highest BCUT2D eigenvalue weighted by molar-refractivity contribution is 6.00. The molecule has 0 bridgehead atoms. The second-order valence-corrected chi connectivity index (χ2v) is 6.57. The number of nitrogens with one attached hydrogen (secondary N) is 1. The number of rotatable bonds is 7. The van der Waals surface area contributed by atoms with E-state index in [0.717, 1.165) is 0 Å². The van der Waals surface area contributed by atoms with Crippen LogP contribution < -0.4 is 15.0 Å². The molecule has 1 aliphatic rings. The average Bonchev–Trinajstić information content (AvgIpc) is 3.14. The van der Waals surface area contributed by atoms with Crippen LogP contribution in [0.4, 0.5) is 17.1 Å². The largest absolute Gasteiger partial charge is 0.497 e. The zero-order valence-corrected chi connectivity index (χ0v) is 16.1. The fourth-order valence-electron chi connectivity index (χ4n) is 3.02. The van der Waals surface area contributed by atoms with E-state index in [9.17, 15) is 24.5 Å². The highest BCUT2D eigenvalue weighted by atomic mass is 16.6. The van der Waals surface area contributed by atoms with E-state index in [1.165, 1.54) is 30.2 Å². The number of amides is 2. The minimum atomic E-state index is -0.759. The third-order valence-corrected chi connectivity index (χ3v) is 4.53. The number of non-ortho nitro benzene ring substituents is 1. The number of carbonyl (C=O) groups excluding carboxylic acids is 3. The highest BCUT2D eigenvalue weighted by Gasteiger charge is 2.36. The monoisotopic (exact) mass is 413 g/mol. The first kappa shape index (κ1) is 20.8. The number of esters is 1. The molecule has 2 aromatic carbocycles. The quantitative estimate of drug-likeness (QED) is 0.418. The van der Waals surface area contributed by atoms with Crippen LogP contribution in [0.1, 0.15) is 6.42 Å². The molecule has 30 heavy (non-hydrogen) atoms. The summed E-state index contributed by atoms with van der Waals surface area (Å²) in [5.74, 6) is -1.67. The van der Waals surface area contributed by atoms with Gasteiger partial charge in [-0.1, -0.05) is 6.07 Å². The van der Waals surface area contributed by atoms with Crippen LogP contribution in [0.2, 0.25) is 0 Å². The molecule has 0 aromatic heterocycles. The van der Waals surface area contributed by atoms with Crippen molar-refractivity contribution in [2.45, 2.75) is 6.42 Å². The van der Waals surface area contributed by atoms with Crippen molar-refractivity contribution >= 4 is 34.8 Å². The number of ether oxygens (including phenoxy) is 2. The molecule has 156 valence electrons. The fraction of sp³-hybridized carbons (Fsp3) is 0.250. The molecule has 1 atom stereocenters. The van der Waals surface area contributed by atoms with Crippen molar-refractivity contribution in [2.24, 2.45) is 5.92 Å². The molecule has 0 saturated carbocycles. The Kier molecular flexibility index (Phi) is 6.26. The van der Waals surface area contributed by atoms with Gasteiger partial charge in [0.1, 0.15) is 5.75 Å². The van der Waals surface area contributed by atoms with Gasteiger partial charge >= 0.3 is 5.97 Å². The summed E-state index contributed by atoms with van der Waals surface area (Å²) in [6.45, 7) is -0.467. The Balaban J connectivity index is 1.53. The predicted octanol–water partition coefficient (Wildman–Crippen LogP) is 2.14. The number of nitro benzene ring substituents is 1. The molecule has 0 radical (unpaired) electrons. The zero-order valence-electron chi connectivity index (χ0n) is 16.1. The van der Waals surface area contributed by atoms with Gasteiger partial charge in [-0.3, -0.25) is 24.5 Å². The van der Waals surface area contributed by atoms with E-state index >= 15 is 0 Å². The van der Waals surface area contributed by atoms with Crippen LogP contribution in [0, 0.1) is 16.0 Å². The fourth-order valence-corrected chi connectivity index (χ4v) is 3.02. The Morgan fingerprint density at radius 1 is 1.23 bits per heavy atom. The van der Waals surface area contributed by atoms with Gasteiger partial charge in [0.2, 0.25) is 5.91 Å². The molecule has 3 rings (SSSR count). The van der Waals surface area contributed by atoms with Crippen molar-refractivity contribution in [3.63, 3.8) is 0 Å². The van der Waals surface area contributed by atoms with Crippen LogP contribution in [0.15, 0.2) is 48.5 Å². The number of methoxy groups -OCH3 is 1. The summed E-state index contributed by atoms with van der Waals surface area (Å²) in [5, 5.41) is 13.5. The molecular weight excluding hydrogens is 394 g/mol. The normalized spacial score (nSPS) is 15.6. The van der Waals surface area contributed by atoms with Crippen molar-refractivity contribution in [3.05, 3.63) is 58.6 Å². The first-order chi connectivity index (χ1) is 14.4. The van der Waals surface area contributed by atoms with Gasteiger partial charge in [-0.15, -0.1) is 0 Å². The zero-order chi connectivity index (χ0) is 21.7. The number of benzene rings is 2. The molecular formula is C20H19N3O7. The second-order valence-electron chi connectivity index (χ2n) is 6.57. The van der Waals surface area contributed by atoms with Crippen molar-refractivity contribution in [3.8, 4) is 5.75 Å². The van der Waals surface area contributed by atoms with E-state index in [4.69, 9.17) is 9.47 Å². The summed E-state index contributed by atoms with van der Waals surface area (Å²) < 4.78 is 10.1. The molecule has 1 heterocycles.